The summed E-state index contributed by atoms with van der Waals surface area (Å²) in [6.07, 6.45) is 1.89. The third-order valence-corrected chi connectivity index (χ3v) is 4.26. The second-order valence-electron chi connectivity index (χ2n) is 6.23. The molecule has 0 aliphatic heterocycles. The average molecular weight is 360 g/mol. The number of halogens is 2. The van der Waals surface area contributed by atoms with Crippen molar-refractivity contribution in [2.75, 3.05) is 54.4 Å². The first-order valence-electron chi connectivity index (χ1n) is 7.85. The molecule has 6 heteroatoms. The van der Waals surface area contributed by atoms with E-state index in [1.807, 2.05) is 33.1 Å². The number of hydrogen-bond donors (Lipinski definition) is 0. The molecule has 1 aromatic carbocycles. The molecule has 0 unspecified atom stereocenters. The maximum atomic E-state index is 12.8. The Labute approximate surface area is 149 Å². The van der Waals surface area contributed by atoms with Crippen molar-refractivity contribution in [2.45, 2.75) is 12.8 Å². The van der Waals surface area contributed by atoms with Crippen molar-refractivity contribution in [2.24, 2.45) is 0 Å². The Morgan fingerprint density at radius 1 is 0.870 bits per heavy atom. The van der Waals surface area contributed by atoms with E-state index in [0.717, 1.165) is 39.0 Å². The van der Waals surface area contributed by atoms with Crippen LogP contribution in [0.1, 0.15) is 23.2 Å². The lowest BCUT2D eigenvalue weighted by atomic mass is 10.2. The minimum absolute atomic E-state index is 0.0149. The Hall–Kier alpha value is -0.810. The van der Waals surface area contributed by atoms with Crippen molar-refractivity contribution in [1.29, 1.82) is 0 Å². The second-order valence-corrected chi connectivity index (χ2v) is 7.05. The van der Waals surface area contributed by atoms with Crippen molar-refractivity contribution in [3.8, 4) is 0 Å². The summed E-state index contributed by atoms with van der Waals surface area (Å²) in [4.78, 5) is 18.9. The van der Waals surface area contributed by atoms with Crippen LogP contribution in [0.2, 0.25) is 10.0 Å². The van der Waals surface area contributed by atoms with Gasteiger partial charge < -0.3 is 14.7 Å². The number of amides is 1. The zero-order chi connectivity index (χ0) is 17.4. The second kappa shape index (κ2) is 10.1. The number of carbonyl (C=O) groups excluding carboxylic acids is 1. The third kappa shape index (κ3) is 7.53. The van der Waals surface area contributed by atoms with Crippen LogP contribution >= 0.6 is 23.2 Å². The summed E-state index contributed by atoms with van der Waals surface area (Å²) < 4.78 is 0. The van der Waals surface area contributed by atoms with Gasteiger partial charge in [-0.15, -0.1) is 0 Å². The Bertz CT molecular complexity index is 493. The highest BCUT2D eigenvalue weighted by atomic mass is 35.5. The lowest BCUT2D eigenvalue weighted by molar-refractivity contribution is 0.0744. The van der Waals surface area contributed by atoms with Crippen molar-refractivity contribution >= 4 is 29.1 Å². The highest BCUT2D eigenvalue weighted by Crippen LogP contribution is 2.23. The molecule has 0 radical (unpaired) electrons. The summed E-state index contributed by atoms with van der Waals surface area (Å²) in [5, 5.41) is 0.883. The van der Waals surface area contributed by atoms with Gasteiger partial charge in [-0.1, -0.05) is 23.2 Å². The van der Waals surface area contributed by atoms with E-state index in [9.17, 15) is 4.79 Å². The Morgan fingerprint density at radius 2 is 1.39 bits per heavy atom. The molecule has 130 valence electrons. The van der Waals surface area contributed by atoms with E-state index in [2.05, 4.69) is 9.80 Å². The van der Waals surface area contributed by atoms with Crippen LogP contribution in [0.25, 0.3) is 0 Å². The molecule has 23 heavy (non-hydrogen) atoms. The highest BCUT2D eigenvalue weighted by Gasteiger charge is 2.16. The van der Waals surface area contributed by atoms with Gasteiger partial charge >= 0.3 is 0 Å². The van der Waals surface area contributed by atoms with Gasteiger partial charge in [0, 0.05) is 18.7 Å². The predicted molar refractivity (Wildman–Crippen MR) is 98.7 cm³/mol. The van der Waals surface area contributed by atoms with Gasteiger partial charge in [-0.25, -0.2) is 0 Å². The SMILES string of the molecule is CN(C)CCCN(CCCN(C)C)C(=O)c1ccc(Cl)c(Cl)c1. The first-order valence-corrected chi connectivity index (χ1v) is 8.60. The van der Waals surface area contributed by atoms with Crippen LogP contribution in [0.3, 0.4) is 0 Å². The molecule has 0 saturated heterocycles. The molecule has 0 heterocycles. The minimum atomic E-state index is 0.0149. The van der Waals surface area contributed by atoms with Crippen LogP contribution in [0, 0.1) is 0 Å². The molecule has 0 saturated carbocycles. The first-order chi connectivity index (χ1) is 10.8. The minimum Gasteiger partial charge on any atom is -0.339 e. The molecular formula is C17H27Cl2N3O. The van der Waals surface area contributed by atoms with E-state index in [-0.39, 0.29) is 5.91 Å². The maximum absolute atomic E-state index is 12.8. The van der Waals surface area contributed by atoms with Gasteiger partial charge in [0.25, 0.3) is 5.91 Å². The molecular weight excluding hydrogens is 333 g/mol. The summed E-state index contributed by atoms with van der Waals surface area (Å²) in [5.74, 6) is 0.0149. The van der Waals surface area contributed by atoms with Gasteiger partial charge in [0.15, 0.2) is 0 Å². The fourth-order valence-corrected chi connectivity index (χ4v) is 2.58. The van der Waals surface area contributed by atoms with E-state index in [1.165, 1.54) is 0 Å². The van der Waals surface area contributed by atoms with Crippen molar-refractivity contribution in [1.82, 2.24) is 14.7 Å². The molecule has 1 aromatic rings. The van der Waals surface area contributed by atoms with Gasteiger partial charge in [-0.05, 0) is 72.3 Å². The van der Waals surface area contributed by atoms with Gasteiger partial charge in [-0.2, -0.15) is 0 Å². The topological polar surface area (TPSA) is 26.8 Å². The number of hydrogen-bond acceptors (Lipinski definition) is 3. The lowest BCUT2D eigenvalue weighted by Crippen LogP contribution is -2.35. The molecule has 0 spiro atoms. The van der Waals surface area contributed by atoms with E-state index < -0.39 is 0 Å². The van der Waals surface area contributed by atoms with Crippen LogP contribution < -0.4 is 0 Å². The maximum Gasteiger partial charge on any atom is 0.253 e. The van der Waals surface area contributed by atoms with Gasteiger partial charge in [-0.3, -0.25) is 4.79 Å². The van der Waals surface area contributed by atoms with Crippen LogP contribution in [0.15, 0.2) is 18.2 Å². The quantitative estimate of drug-likeness (QED) is 0.676. The molecule has 0 fully saturated rings. The Balaban J connectivity index is 2.74. The summed E-state index contributed by atoms with van der Waals surface area (Å²) in [7, 11) is 8.16. The normalized spacial score (nSPS) is 11.3. The molecule has 4 nitrogen and oxygen atoms in total. The number of carbonyl (C=O) groups is 1. The third-order valence-electron chi connectivity index (χ3n) is 3.52. The van der Waals surface area contributed by atoms with E-state index in [1.54, 1.807) is 18.2 Å². The summed E-state index contributed by atoms with van der Waals surface area (Å²) in [6.45, 7) is 3.40. The summed E-state index contributed by atoms with van der Waals surface area (Å²) >= 11 is 12.0. The summed E-state index contributed by atoms with van der Waals surface area (Å²) in [5.41, 5.74) is 0.592. The standard InChI is InChI=1S/C17H27Cl2N3O/c1-20(2)9-5-11-22(12-6-10-21(3)4)17(23)14-7-8-15(18)16(19)13-14/h7-8,13H,5-6,9-12H2,1-4H3. The predicted octanol–water partition coefficient (Wildman–Crippen LogP) is 3.34. The van der Waals surface area contributed by atoms with E-state index in [0.29, 0.717) is 15.6 Å². The molecule has 0 aliphatic carbocycles. The fourth-order valence-electron chi connectivity index (χ4n) is 2.28. The van der Waals surface area contributed by atoms with Crippen LogP contribution in [-0.2, 0) is 0 Å². The highest BCUT2D eigenvalue weighted by molar-refractivity contribution is 6.42. The van der Waals surface area contributed by atoms with E-state index >= 15 is 0 Å². The smallest absolute Gasteiger partial charge is 0.253 e. The van der Waals surface area contributed by atoms with E-state index in [4.69, 9.17) is 23.2 Å². The van der Waals surface area contributed by atoms with Gasteiger partial charge in [0.1, 0.15) is 0 Å². The number of benzene rings is 1. The largest absolute Gasteiger partial charge is 0.339 e. The molecule has 0 aliphatic rings. The van der Waals surface area contributed by atoms with Crippen molar-refractivity contribution < 1.29 is 4.79 Å². The lowest BCUT2D eigenvalue weighted by Gasteiger charge is -2.24. The van der Waals surface area contributed by atoms with Gasteiger partial charge in [0.2, 0.25) is 0 Å². The van der Waals surface area contributed by atoms with Crippen molar-refractivity contribution in [3.05, 3.63) is 33.8 Å². The Morgan fingerprint density at radius 3 is 1.83 bits per heavy atom. The molecule has 0 bridgehead atoms. The number of nitrogens with zero attached hydrogens (tertiary/aromatic N) is 3. The molecule has 1 rings (SSSR count). The molecule has 0 N–H and O–H groups in total. The molecule has 1 amide bonds. The monoisotopic (exact) mass is 359 g/mol. The average Bonchev–Trinajstić information content (AvgIpc) is 2.47. The zero-order valence-corrected chi connectivity index (χ0v) is 16.0. The first kappa shape index (κ1) is 20.2. The van der Waals surface area contributed by atoms with Gasteiger partial charge in [0.05, 0.1) is 10.0 Å². The number of rotatable bonds is 9. The van der Waals surface area contributed by atoms with Crippen molar-refractivity contribution in [3.63, 3.8) is 0 Å². The molecule has 0 aromatic heterocycles. The molecule has 0 atom stereocenters. The van der Waals surface area contributed by atoms with Crippen LogP contribution in [0.5, 0.6) is 0 Å². The fraction of sp³-hybridized carbons (Fsp3) is 0.588. The Kier molecular flexibility index (Phi) is 8.92. The zero-order valence-electron chi connectivity index (χ0n) is 14.5. The summed E-state index contributed by atoms with van der Waals surface area (Å²) in [6, 6.07) is 5.06. The van der Waals surface area contributed by atoms with Crippen LogP contribution in [0.4, 0.5) is 0 Å². The van der Waals surface area contributed by atoms with Crippen LogP contribution in [-0.4, -0.2) is 75.0 Å².